The highest BCUT2D eigenvalue weighted by atomic mass is 19.4. The number of piperidine rings is 1. The summed E-state index contributed by atoms with van der Waals surface area (Å²) in [7, 11) is 0. The van der Waals surface area contributed by atoms with Crippen molar-refractivity contribution in [3.05, 3.63) is 84.6 Å². The van der Waals surface area contributed by atoms with Crippen LogP contribution in [0, 0.1) is 0 Å². The third-order valence-corrected chi connectivity index (χ3v) is 6.02. The van der Waals surface area contributed by atoms with Gasteiger partial charge in [-0.2, -0.15) is 31.4 Å². The molecule has 4 heterocycles. The van der Waals surface area contributed by atoms with Gasteiger partial charge >= 0.3 is 24.3 Å². The van der Waals surface area contributed by atoms with Gasteiger partial charge in [-0.15, -0.1) is 0 Å². The molecule has 0 spiro atoms. The molecule has 15 heteroatoms. The summed E-state index contributed by atoms with van der Waals surface area (Å²) < 4.78 is 65.4. The van der Waals surface area contributed by atoms with E-state index in [4.69, 9.17) is 29.9 Å². The first-order valence-corrected chi connectivity index (χ1v) is 12.4. The average molecular weight is 598 g/mol. The van der Waals surface area contributed by atoms with E-state index in [1.807, 2.05) is 29.0 Å². The molecule has 1 aliphatic heterocycles. The van der Waals surface area contributed by atoms with E-state index in [1.165, 1.54) is 11.1 Å². The van der Waals surface area contributed by atoms with Gasteiger partial charge < -0.3 is 10.2 Å². The van der Waals surface area contributed by atoms with Crippen molar-refractivity contribution in [2.75, 3.05) is 13.1 Å². The molecule has 1 saturated heterocycles. The van der Waals surface area contributed by atoms with Crippen molar-refractivity contribution >= 4 is 17.6 Å². The largest absolute Gasteiger partial charge is 0.490 e. The van der Waals surface area contributed by atoms with Crippen LogP contribution in [0.15, 0.2) is 73.2 Å². The molecule has 3 aromatic heterocycles. The monoisotopic (exact) mass is 597 g/mol. The summed E-state index contributed by atoms with van der Waals surface area (Å²) >= 11 is 0. The van der Waals surface area contributed by atoms with E-state index in [-0.39, 0.29) is 0 Å². The molecule has 1 aromatic carbocycles. The maximum atomic E-state index is 10.6. The van der Waals surface area contributed by atoms with Gasteiger partial charge in [0, 0.05) is 36.6 Å². The smallest absolute Gasteiger partial charge is 0.475 e. The first kappa shape index (κ1) is 32.0. The van der Waals surface area contributed by atoms with Crippen molar-refractivity contribution in [1.29, 1.82) is 0 Å². The Balaban J connectivity index is 0.000000289. The van der Waals surface area contributed by atoms with Crippen LogP contribution in [0.1, 0.15) is 30.1 Å². The minimum absolute atomic E-state index is 0.435. The summed E-state index contributed by atoms with van der Waals surface area (Å²) in [5.41, 5.74) is 4.56. The lowest BCUT2D eigenvalue weighted by Gasteiger charge is -2.30. The van der Waals surface area contributed by atoms with E-state index in [9.17, 15) is 26.3 Å². The van der Waals surface area contributed by atoms with Crippen LogP contribution in [0.2, 0.25) is 0 Å². The molecule has 0 bridgehead atoms. The topological polar surface area (TPSA) is 121 Å². The number of benzene rings is 1. The summed E-state index contributed by atoms with van der Waals surface area (Å²) in [4.78, 5) is 29.3. The highest BCUT2D eigenvalue weighted by Crippen LogP contribution is 2.27. The van der Waals surface area contributed by atoms with Gasteiger partial charge in [0.1, 0.15) is 0 Å². The number of alkyl halides is 6. The second kappa shape index (κ2) is 13.9. The number of carboxylic acid groups (broad SMARTS) is 2. The van der Waals surface area contributed by atoms with E-state index in [0.717, 1.165) is 49.5 Å². The number of hydrogen-bond donors (Lipinski definition) is 2. The molecular weight excluding hydrogens is 572 g/mol. The number of hydrogen-bond acceptors (Lipinski definition) is 6. The van der Waals surface area contributed by atoms with Gasteiger partial charge in [0.25, 0.3) is 0 Å². The molecule has 0 amide bonds. The Labute approximate surface area is 235 Å². The molecule has 5 rings (SSSR count). The molecule has 1 fully saturated rings. The van der Waals surface area contributed by atoms with Gasteiger partial charge in [-0.05, 0) is 55.3 Å². The number of aliphatic carboxylic acids is 2. The Bertz CT molecular complexity index is 1430. The molecule has 224 valence electrons. The summed E-state index contributed by atoms with van der Waals surface area (Å²) in [6.07, 6.45) is -2.10. The van der Waals surface area contributed by atoms with Crippen LogP contribution in [-0.4, -0.2) is 72.1 Å². The van der Waals surface area contributed by atoms with Gasteiger partial charge in [-0.1, -0.05) is 36.4 Å². The van der Waals surface area contributed by atoms with Crippen molar-refractivity contribution in [2.24, 2.45) is 0 Å². The molecule has 0 atom stereocenters. The molecule has 42 heavy (non-hydrogen) atoms. The molecule has 0 saturated carbocycles. The lowest BCUT2D eigenvalue weighted by molar-refractivity contribution is -0.193. The van der Waals surface area contributed by atoms with Crippen molar-refractivity contribution in [2.45, 2.75) is 37.7 Å². The number of pyridine rings is 2. The second-order valence-electron chi connectivity index (χ2n) is 9.07. The third kappa shape index (κ3) is 9.54. The number of carboxylic acids is 2. The number of carbonyl (C=O) groups is 2. The number of halogens is 6. The maximum absolute atomic E-state index is 10.6. The van der Waals surface area contributed by atoms with Gasteiger partial charge in [-0.25, -0.2) is 19.1 Å². The fourth-order valence-corrected chi connectivity index (χ4v) is 3.97. The lowest BCUT2D eigenvalue weighted by Crippen LogP contribution is -2.32. The lowest BCUT2D eigenvalue weighted by atomic mass is 9.96. The van der Waals surface area contributed by atoms with Crippen LogP contribution in [0.4, 0.5) is 26.3 Å². The molecule has 9 nitrogen and oxygen atoms in total. The summed E-state index contributed by atoms with van der Waals surface area (Å²) in [6.45, 7) is 3.12. The normalized spacial score (nSPS) is 14.3. The van der Waals surface area contributed by atoms with Gasteiger partial charge in [0.15, 0.2) is 11.5 Å². The summed E-state index contributed by atoms with van der Waals surface area (Å²) in [5.74, 6) is -4.10. The standard InChI is InChI=1S/C23H23N5.2C2HF3O2/c1-2-6-19(7-3-1)21-8-9-22-25-23(26-28(22)17-21)20-10-13-27(14-11-20)16-18-5-4-12-24-15-18;2*3-2(4,5)1(6)7/h1-9,12,15,17,20H,10-11,13-14,16H2;2*(H,6,7). The SMILES string of the molecule is O=C(O)C(F)(F)F.O=C(O)C(F)(F)F.c1ccc(-c2ccc3nc(C4CCN(Cc5cccnc5)CC4)nn3c2)cc1. The second-order valence-corrected chi connectivity index (χ2v) is 9.07. The zero-order valence-corrected chi connectivity index (χ0v) is 21.8. The van der Waals surface area contributed by atoms with Crippen LogP contribution in [0.3, 0.4) is 0 Å². The van der Waals surface area contributed by atoms with Crippen LogP contribution in [-0.2, 0) is 16.1 Å². The van der Waals surface area contributed by atoms with Crippen molar-refractivity contribution in [3.8, 4) is 11.1 Å². The molecule has 0 radical (unpaired) electrons. The van der Waals surface area contributed by atoms with Crippen molar-refractivity contribution in [1.82, 2.24) is 24.5 Å². The molecule has 0 aliphatic carbocycles. The number of likely N-dealkylation sites (tertiary alicyclic amines) is 1. The first-order valence-electron chi connectivity index (χ1n) is 12.4. The quantitative estimate of drug-likeness (QED) is 0.299. The van der Waals surface area contributed by atoms with Crippen molar-refractivity contribution < 1.29 is 46.1 Å². The zero-order chi connectivity index (χ0) is 30.9. The first-order chi connectivity index (χ1) is 19.7. The van der Waals surface area contributed by atoms with Crippen LogP contribution in [0.5, 0.6) is 0 Å². The summed E-state index contributed by atoms with van der Waals surface area (Å²) in [5, 5.41) is 19.1. The third-order valence-electron chi connectivity index (χ3n) is 6.02. The minimum atomic E-state index is -5.08. The molecule has 0 unspecified atom stereocenters. The van der Waals surface area contributed by atoms with E-state index in [2.05, 4.69) is 58.5 Å². The van der Waals surface area contributed by atoms with Gasteiger partial charge in [0.2, 0.25) is 0 Å². The molecular formula is C27H25F6N5O4. The van der Waals surface area contributed by atoms with Gasteiger partial charge in [-0.3, -0.25) is 9.88 Å². The van der Waals surface area contributed by atoms with Crippen molar-refractivity contribution in [3.63, 3.8) is 0 Å². The molecule has 1 aliphatic rings. The zero-order valence-electron chi connectivity index (χ0n) is 21.8. The van der Waals surface area contributed by atoms with Gasteiger partial charge in [0.05, 0.1) is 0 Å². The number of rotatable bonds is 4. The maximum Gasteiger partial charge on any atom is 0.490 e. The van der Waals surface area contributed by atoms with E-state index in [1.54, 1.807) is 0 Å². The Kier molecular flexibility index (Phi) is 10.6. The predicted octanol–water partition coefficient (Wildman–Crippen LogP) is 5.44. The average Bonchev–Trinajstić information content (AvgIpc) is 3.38. The Morgan fingerprint density at radius 1 is 0.833 bits per heavy atom. The van der Waals surface area contributed by atoms with Crippen LogP contribution in [0.25, 0.3) is 16.8 Å². The fraction of sp³-hybridized carbons (Fsp3) is 0.296. The van der Waals surface area contributed by atoms with E-state index >= 15 is 0 Å². The van der Waals surface area contributed by atoms with Crippen LogP contribution < -0.4 is 0 Å². The highest BCUT2D eigenvalue weighted by molar-refractivity contribution is 5.73. The Morgan fingerprint density at radius 3 is 1.95 bits per heavy atom. The van der Waals surface area contributed by atoms with Crippen LogP contribution >= 0.6 is 0 Å². The number of fused-ring (bicyclic) bond motifs is 1. The fourth-order valence-electron chi connectivity index (χ4n) is 3.97. The molecule has 2 N–H and O–H groups in total. The minimum Gasteiger partial charge on any atom is -0.475 e. The number of aromatic nitrogens is 4. The number of nitrogens with zero attached hydrogens (tertiary/aromatic N) is 5. The molecule has 4 aromatic rings. The highest BCUT2D eigenvalue weighted by Gasteiger charge is 2.38. The van der Waals surface area contributed by atoms with E-state index in [0.29, 0.717) is 5.92 Å². The summed E-state index contributed by atoms with van der Waals surface area (Å²) in [6, 6.07) is 18.7. The Hall–Kier alpha value is -4.53. The van der Waals surface area contributed by atoms with E-state index < -0.39 is 24.3 Å². The predicted molar refractivity (Wildman–Crippen MR) is 137 cm³/mol. The Morgan fingerprint density at radius 2 is 1.43 bits per heavy atom.